The monoisotopic (exact) mass is 308 g/mol. The van der Waals surface area contributed by atoms with Crippen molar-refractivity contribution in [3.05, 3.63) is 46.6 Å². The Balaban J connectivity index is 0. The standard InChI is InChI=1S/2C10H18O/c2*1-9(2)5-4-6-10(3)7-8-11/h2*5,7,11H,4,6,8H2,1-3H3/b2*10-7-. The summed E-state index contributed by atoms with van der Waals surface area (Å²) in [7, 11) is 0. The topological polar surface area (TPSA) is 40.5 Å². The number of aliphatic hydroxyl groups excluding tert-OH is 2. The van der Waals surface area contributed by atoms with Gasteiger partial charge in [-0.1, -0.05) is 46.6 Å². The fraction of sp³-hybridized carbons (Fsp3) is 0.600. The molecule has 0 aromatic carbocycles. The molecule has 0 aliphatic rings. The molecule has 0 aliphatic heterocycles. The molecule has 2 N–H and O–H groups in total. The van der Waals surface area contributed by atoms with Gasteiger partial charge in [-0.3, -0.25) is 0 Å². The predicted molar refractivity (Wildman–Crippen MR) is 99.0 cm³/mol. The lowest BCUT2D eigenvalue weighted by Crippen LogP contribution is -1.80. The first-order valence-corrected chi connectivity index (χ1v) is 8.13. The van der Waals surface area contributed by atoms with E-state index in [1.165, 1.54) is 22.3 Å². The molecule has 0 amide bonds. The summed E-state index contributed by atoms with van der Waals surface area (Å²) in [6, 6.07) is 0. The summed E-state index contributed by atoms with van der Waals surface area (Å²) in [5.41, 5.74) is 5.26. The lowest BCUT2D eigenvalue weighted by molar-refractivity contribution is 0.341. The van der Waals surface area contributed by atoms with Gasteiger partial charge >= 0.3 is 0 Å². The molecule has 0 aromatic heterocycles. The van der Waals surface area contributed by atoms with Gasteiger partial charge in [-0.15, -0.1) is 0 Å². The van der Waals surface area contributed by atoms with Gasteiger partial charge in [-0.25, -0.2) is 0 Å². The number of allylic oxidation sites excluding steroid dienone is 6. The zero-order valence-electron chi connectivity index (χ0n) is 15.4. The van der Waals surface area contributed by atoms with E-state index >= 15 is 0 Å². The molecule has 0 saturated carbocycles. The molecule has 0 rings (SSSR count). The maximum absolute atomic E-state index is 8.55. The third-order valence-corrected chi connectivity index (χ3v) is 3.06. The largest absolute Gasteiger partial charge is 0.392 e. The van der Waals surface area contributed by atoms with Gasteiger partial charge in [0, 0.05) is 0 Å². The molecule has 0 bridgehead atoms. The lowest BCUT2D eigenvalue weighted by Gasteiger charge is -1.96. The van der Waals surface area contributed by atoms with Crippen molar-refractivity contribution in [1.82, 2.24) is 0 Å². The first kappa shape index (κ1) is 23.2. The van der Waals surface area contributed by atoms with Gasteiger partial charge in [0.05, 0.1) is 13.2 Å². The molecule has 0 unspecified atom stereocenters. The second-order valence-electron chi connectivity index (χ2n) is 6.11. The normalized spacial score (nSPS) is 11.5. The highest BCUT2D eigenvalue weighted by Crippen LogP contribution is 2.06. The fourth-order valence-corrected chi connectivity index (χ4v) is 1.69. The first-order chi connectivity index (χ1) is 10.3. The minimum absolute atomic E-state index is 0.167. The van der Waals surface area contributed by atoms with Gasteiger partial charge in [0.2, 0.25) is 0 Å². The second kappa shape index (κ2) is 16.3. The first-order valence-electron chi connectivity index (χ1n) is 8.13. The minimum Gasteiger partial charge on any atom is -0.392 e. The van der Waals surface area contributed by atoms with E-state index in [1.54, 1.807) is 0 Å². The Hall–Kier alpha value is -1.12. The van der Waals surface area contributed by atoms with Crippen LogP contribution in [0.4, 0.5) is 0 Å². The van der Waals surface area contributed by atoms with Crippen LogP contribution in [-0.2, 0) is 0 Å². The average molecular weight is 309 g/mol. The number of aliphatic hydroxyl groups is 2. The molecule has 0 spiro atoms. The fourth-order valence-electron chi connectivity index (χ4n) is 1.69. The van der Waals surface area contributed by atoms with Crippen LogP contribution in [0.2, 0.25) is 0 Å². The average Bonchev–Trinajstić information content (AvgIpc) is 2.39. The van der Waals surface area contributed by atoms with E-state index < -0.39 is 0 Å². The van der Waals surface area contributed by atoms with Crippen LogP contribution in [0.5, 0.6) is 0 Å². The van der Waals surface area contributed by atoms with Crippen LogP contribution < -0.4 is 0 Å². The Morgan fingerprint density at radius 3 is 1.14 bits per heavy atom. The van der Waals surface area contributed by atoms with Gasteiger partial charge in [-0.05, 0) is 67.2 Å². The van der Waals surface area contributed by atoms with Gasteiger partial charge in [0.15, 0.2) is 0 Å². The summed E-state index contributed by atoms with van der Waals surface area (Å²) in [6.45, 7) is 12.8. The Morgan fingerprint density at radius 1 is 0.591 bits per heavy atom. The molecule has 0 heterocycles. The number of hydrogen-bond acceptors (Lipinski definition) is 2. The SMILES string of the molecule is CC(C)=CCC/C(C)=C\CO.CC(C)=CCC/C(C)=C\CO. The van der Waals surface area contributed by atoms with Crippen molar-refractivity contribution in [2.24, 2.45) is 0 Å². The summed E-state index contributed by atoms with van der Waals surface area (Å²) >= 11 is 0. The van der Waals surface area contributed by atoms with E-state index in [-0.39, 0.29) is 13.2 Å². The van der Waals surface area contributed by atoms with Crippen molar-refractivity contribution in [1.29, 1.82) is 0 Å². The summed E-state index contributed by atoms with van der Waals surface area (Å²) in [5.74, 6) is 0. The van der Waals surface area contributed by atoms with Crippen LogP contribution in [0.3, 0.4) is 0 Å². The van der Waals surface area contributed by atoms with E-state index in [0.29, 0.717) is 0 Å². The molecular formula is C20H36O2. The van der Waals surface area contributed by atoms with Crippen LogP contribution >= 0.6 is 0 Å². The van der Waals surface area contributed by atoms with Crippen LogP contribution in [0.1, 0.15) is 67.2 Å². The maximum Gasteiger partial charge on any atom is 0.0614 e. The van der Waals surface area contributed by atoms with Gasteiger partial charge < -0.3 is 10.2 Å². The van der Waals surface area contributed by atoms with Gasteiger partial charge in [0.1, 0.15) is 0 Å². The Morgan fingerprint density at radius 2 is 0.909 bits per heavy atom. The van der Waals surface area contributed by atoms with Crippen molar-refractivity contribution in [2.75, 3.05) is 13.2 Å². The molecular weight excluding hydrogens is 272 g/mol. The molecule has 0 fully saturated rings. The third-order valence-electron chi connectivity index (χ3n) is 3.06. The summed E-state index contributed by atoms with van der Waals surface area (Å²) in [6.07, 6.45) is 12.5. The highest BCUT2D eigenvalue weighted by Gasteiger charge is 1.87. The quantitative estimate of drug-likeness (QED) is 0.594. The van der Waals surface area contributed by atoms with Crippen LogP contribution in [0.15, 0.2) is 46.6 Å². The Kier molecular flexibility index (Phi) is 17.1. The highest BCUT2D eigenvalue weighted by molar-refractivity contribution is 5.02. The molecule has 2 nitrogen and oxygen atoms in total. The minimum atomic E-state index is 0.167. The molecule has 0 radical (unpaired) electrons. The zero-order chi connectivity index (χ0) is 17.4. The molecule has 0 aliphatic carbocycles. The van der Waals surface area contributed by atoms with E-state index in [9.17, 15) is 0 Å². The van der Waals surface area contributed by atoms with Crippen LogP contribution in [0.25, 0.3) is 0 Å². The summed E-state index contributed by atoms with van der Waals surface area (Å²) < 4.78 is 0. The predicted octanol–water partition coefficient (Wildman–Crippen LogP) is 5.34. The molecule has 0 aromatic rings. The molecule has 0 atom stereocenters. The highest BCUT2D eigenvalue weighted by atomic mass is 16.3. The summed E-state index contributed by atoms with van der Waals surface area (Å²) in [4.78, 5) is 0. The third kappa shape index (κ3) is 21.2. The van der Waals surface area contributed by atoms with Gasteiger partial charge in [0.25, 0.3) is 0 Å². The van der Waals surface area contributed by atoms with Crippen LogP contribution in [-0.4, -0.2) is 23.4 Å². The van der Waals surface area contributed by atoms with Crippen molar-refractivity contribution < 1.29 is 10.2 Å². The number of rotatable bonds is 8. The van der Waals surface area contributed by atoms with Gasteiger partial charge in [-0.2, -0.15) is 0 Å². The maximum atomic E-state index is 8.55. The molecule has 0 saturated heterocycles. The van der Waals surface area contributed by atoms with Crippen LogP contribution in [0, 0.1) is 0 Å². The Labute approximate surface area is 138 Å². The van der Waals surface area contributed by atoms with E-state index in [1.807, 2.05) is 12.2 Å². The van der Waals surface area contributed by atoms with Crippen molar-refractivity contribution in [2.45, 2.75) is 67.2 Å². The number of hydrogen-bond donors (Lipinski definition) is 2. The van der Waals surface area contributed by atoms with Crippen molar-refractivity contribution in [3.8, 4) is 0 Å². The molecule has 128 valence electrons. The summed E-state index contributed by atoms with van der Waals surface area (Å²) in [5, 5.41) is 17.1. The zero-order valence-corrected chi connectivity index (χ0v) is 15.4. The smallest absolute Gasteiger partial charge is 0.0614 e. The Bertz CT molecular complexity index is 339. The van der Waals surface area contributed by atoms with Crippen molar-refractivity contribution >= 4 is 0 Å². The molecule has 22 heavy (non-hydrogen) atoms. The molecule has 2 heteroatoms. The van der Waals surface area contributed by atoms with E-state index in [2.05, 4.69) is 53.7 Å². The lowest BCUT2D eigenvalue weighted by atomic mass is 10.1. The van der Waals surface area contributed by atoms with E-state index in [4.69, 9.17) is 10.2 Å². The second-order valence-corrected chi connectivity index (χ2v) is 6.11. The van der Waals surface area contributed by atoms with Crippen molar-refractivity contribution in [3.63, 3.8) is 0 Å². The van der Waals surface area contributed by atoms with E-state index in [0.717, 1.165) is 25.7 Å².